The van der Waals surface area contributed by atoms with Crippen molar-refractivity contribution in [2.75, 3.05) is 0 Å². The number of rotatable bonds is 15. The standard InChI is InChI=1S/C33H34ClN7O7/c1-3-4-9-30-35-31(34)29(19-42)39(30)18-23-14-16-26(17-15-23)27-7-5-6-8-28(27)32-36-38-40(37-32)22(2)48-33(43)46-20-24-10-12-25(13-11-24)21-47-41(44)45/h5-8,10-17,19,22,44-45H,3-4,9,18,20-21H2,1-2H3. The highest BCUT2D eigenvalue weighted by Gasteiger charge is 2.19. The molecule has 14 nitrogen and oxygen atoms in total. The van der Waals surface area contributed by atoms with Crippen LogP contribution < -0.4 is 0 Å². The summed E-state index contributed by atoms with van der Waals surface area (Å²) in [7, 11) is 0. The first-order chi connectivity index (χ1) is 23.2. The molecule has 2 aromatic heterocycles. The lowest BCUT2D eigenvalue weighted by molar-refractivity contribution is -0.497. The van der Waals surface area contributed by atoms with Crippen molar-refractivity contribution in [1.82, 2.24) is 35.1 Å². The maximum atomic E-state index is 12.4. The third-order valence-electron chi connectivity index (χ3n) is 7.43. The van der Waals surface area contributed by atoms with Crippen molar-refractivity contribution in [2.45, 2.75) is 59.1 Å². The number of aryl methyl sites for hydroxylation is 1. The van der Waals surface area contributed by atoms with E-state index in [4.69, 9.17) is 31.5 Å². The molecule has 0 fully saturated rings. The van der Waals surface area contributed by atoms with E-state index in [2.05, 4.69) is 32.2 Å². The summed E-state index contributed by atoms with van der Waals surface area (Å²) in [6.45, 7) is 4.06. The second-order valence-electron chi connectivity index (χ2n) is 10.8. The Morgan fingerprint density at radius 2 is 1.65 bits per heavy atom. The van der Waals surface area contributed by atoms with Gasteiger partial charge in [0.25, 0.3) is 0 Å². The Kier molecular flexibility index (Phi) is 11.6. The van der Waals surface area contributed by atoms with Gasteiger partial charge in [-0.3, -0.25) is 15.2 Å². The van der Waals surface area contributed by atoms with E-state index in [9.17, 15) is 9.59 Å². The van der Waals surface area contributed by atoms with Gasteiger partial charge in [-0.1, -0.05) is 97.7 Å². The van der Waals surface area contributed by atoms with Gasteiger partial charge in [-0.15, -0.1) is 15.0 Å². The largest absolute Gasteiger partial charge is 0.510 e. The van der Waals surface area contributed by atoms with Gasteiger partial charge in [0.05, 0.1) is 12.0 Å². The van der Waals surface area contributed by atoms with Crippen molar-refractivity contribution >= 4 is 24.0 Å². The number of carbonyl (C=O) groups is 2. The van der Waals surface area contributed by atoms with Gasteiger partial charge in [0.2, 0.25) is 12.1 Å². The van der Waals surface area contributed by atoms with Gasteiger partial charge in [-0.25, -0.2) is 14.6 Å². The van der Waals surface area contributed by atoms with Crippen molar-refractivity contribution in [3.05, 3.63) is 106 Å². The minimum atomic E-state index is -0.916. The number of unbranched alkanes of at least 4 members (excludes halogenated alkanes) is 1. The van der Waals surface area contributed by atoms with Crippen molar-refractivity contribution in [1.29, 1.82) is 0 Å². The number of carbonyl (C=O) groups excluding carboxylic acids is 2. The van der Waals surface area contributed by atoms with Crippen LogP contribution in [0.1, 0.15) is 65.9 Å². The van der Waals surface area contributed by atoms with Gasteiger partial charge in [-0.2, -0.15) is 0 Å². The van der Waals surface area contributed by atoms with Crippen LogP contribution in [0.4, 0.5) is 4.79 Å². The van der Waals surface area contributed by atoms with E-state index in [1.165, 1.54) is 4.80 Å². The summed E-state index contributed by atoms with van der Waals surface area (Å²) in [6.07, 6.45) is 1.61. The molecule has 48 heavy (non-hydrogen) atoms. The van der Waals surface area contributed by atoms with Gasteiger partial charge in [0, 0.05) is 18.5 Å². The summed E-state index contributed by atoms with van der Waals surface area (Å²) >= 11 is 6.25. The van der Waals surface area contributed by atoms with Crippen molar-refractivity contribution in [3.8, 4) is 22.5 Å². The van der Waals surface area contributed by atoms with Crippen LogP contribution in [-0.2, 0) is 40.5 Å². The molecule has 15 heteroatoms. The Bertz CT molecular complexity index is 1830. The highest BCUT2D eigenvalue weighted by molar-refractivity contribution is 6.31. The fourth-order valence-electron chi connectivity index (χ4n) is 4.91. The number of tetrazole rings is 1. The SMILES string of the molecule is CCCCc1nc(Cl)c(C=O)n1Cc1ccc(-c2ccccc2-c2nnn(C(C)OC(=O)OCc3ccc(CON(O)O)cc3)n2)cc1. The molecule has 0 aliphatic heterocycles. The Balaban J connectivity index is 1.22. The number of imidazole rings is 1. The average molecular weight is 676 g/mol. The van der Waals surface area contributed by atoms with Gasteiger partial charge in [-0.05, 0) is 46.4 Å². The maximum absolute atomic E-state index is 12.4. The Labute approximate surface area is 280 Å². The summed E-state index contributed by atoms with van der Waals surface area (Å²) in [4.78, 5) is 34.3. The number of halogens is 1. The van der Waals surface area contributed by atoms with Crippen LogP contribution in [0.3, 0.4) is 0 Å². The normalized spacial score (nSPS) is 11.9. The maximum Gasteiger partial charge on any atom is 0.510 e. The Morgan fingerprint density at radius 1 is 0.979 bits per heavy atom. The quantitative estimate of drug-likeness (QED) is 0.0709. The molecule has 0 bridgehead atoms. The van der Waals surface area contributed by atoms with Crippen LogP contribution in [0.2, 0.25) is 5.15 Å². The Morgan fingerprint density at radius 3 is 2.31 bits per heavy atom. The smallest absolute Gasteiger partial charge is 0.429 e. The summed E-state index contributed by atoms with van der Waals surface area (Å²) in [6, 6.07) is 22.4. The summed E-state index contributed by atoms with van der Waals surface area (Å²) in [5, 5.41) is 29.9. The number of hydrogen-bond donors (Lipinski definition) is 2. The lowest BCUT2D eigenvalue weighted by Crippen LogP contribution is -2.18. The fraction of sp³-hybridized carbons (Fsp3) is 0.273. The molecular weight excluding hydrogens is 642 g/mol. The van der Waals surface area contributed by atoms with Crippen molar-refractivity contribution in [3.63, 3.8) is 0 Å². The molecule has 0 aliphatic rings. The zero-order valence-corrected chi connectivity index (χ0v) is 27.0. The Hall–Kier alpha value is -4.99. The molecule has 0 amide bonds. The van der Waals surface area contributed by atoms with Crippen molar-refractivity contribution < 1.29 is 34.3 Å². The molecule has 1 unspecified atom stereocenters. The fourth-order valence-corrected chi connectivity index (χ4v) is 5.16. The molecule has 0 aliphatic carbocycles. The third kappa shape index (κ3) is 8.67. The predicted molar refractivity (Wildman–Crippen MR) is 172 cm³/mol. The molecule has 0 saturated heterocycles. The van der Waals surface area contributed by atoms with Crippen LogP contribution in [0, 0.1) is 0 Å². The number of aldehydes is 1. The highest BCUT2D eigenvalue weighted by atomic mass is 35.5. The van der Waals surface area contributed by atoms with E-state index >= 15 is 0 Å². The van der Waals surface area contributed by atoms with E-state index in [0.29, 0.717) is 29.2 Å². The topological polar surface area (TPSA) is 167 Å². The van der Waals surface area contributed by atoms with Gasteiger partial charge >= 0.3 is 6.16 Å². The molecule has 5 aromatic rings. The van der Waals surface area contributed by atoms with E-state index in [1.807, 2.05) is 53.1 Å². The van der Waals surface area contributed by atoms with E-state index in [-0.39, 0.29) is 23.8 Å². The van der Waals surface area contributed by atoms with E-state index < -0.39 is 12.4 Å². The lowest BCUT2D eigenvalue weighted by atomic mass is 9.98. The van der Waals surface area contributed by atoms with Crippen LogP contribution in [-0.4, -0.2) is 58.0 Å². The average Bonchev–Trinajstić information content (AvgIpc) is 3.70. The molecule has 0 radical (unpaired) electrons. The number of ether oxygens (including phenoxy) is 2. The highest BCUT2D eigenvalue weighted by Crippen LogP contribution is 2.30. The van der Waals surface area contributed by atoms with Gasteiger partial charge in [0.15, 0.2) is 11.4 Å². The minimum Gasteiger partial charge on any atom is -0.429 e. The summed E-state index contributed by atoms with van der Waals surface area (Å²) in [5.41, 5.74) is 5.25. The number of aromatic nitrogens is 6. The first kappa shape index (κ1) is 34.3. The second-order valence-corrected chi connectivity index (χ2v) is 11.1. The van der Waals surface area contributed by atoms with Crippen LogP contribution in [0.25, 0.3) is 22.5 Å². The molecule has 250 valence electrons. The van der Waals surface area contributed by atoms with Crippen molar-refractivity contribution in [2.24, 2.45) is 0 Å². The monoisotopic (exact) mass is 675 g/mol. The zero-order chi connectivity index (χ0) is 34.0. The molecule has 2 heterocycles. The van der Waals surface area contributed by atoms with E-state index in [1.54, 1.807) is 31.2 Å². The van der Waals surface area contributed by atoms with Gasteiger partial charge in [0.1, 0.15) is 18.1 Å². The van der Waals surface area contributed by atoms with Crippen LogP contribution >= 0.6 is 11.6 Å². The number of nitrogens with zero attached hydrogens (tertiary/aromatic N) is 7. The molecule has 5 rings (SSSR count). The molecule has 0 saturated carbocycles. The first-order valence-corrected chi connectivity index (χ1v) is 15.5. The molecule has 1 atom stereocenters. The van der Waals surface area contributed by atoms with Crippen LogP contribution in [0.15, 0.2) is 72.8 Å². The second kappa shape index (κ2) is 16.2. The molecular formula is C33H34ClN7O7. The molecule has 2 N–H and O–H groups in total. The predicted octanol–water partition coefficient (Wildman–Crippen LogP) is 6.44. The zero-order valence-electron chi connectivity index (χ0n) is 26.3. The van der Waals surface area contributed by atoms with Gasteiger partial charge < -0.3 is 14.0 Å². The summed E-state index contributed by atoms with van der Waals surface area (Å²) < 4.78 is 12.4. The number of hydrogen-bond acceptors (Lipinski definition) is 12. The summed E-state index contributed by atoms with van der Waals surface area (Å²) in [5.74, 6) is 1.13. The molecule has 3 aromatic carbocycles. The third-order valence-corrected chi connectivity index (χ3v) is 7.70. The minimum absolute atomic E-state index is 0.0463. The lowest BCUT2D eigenvalue weighted by Gasteiger charge is -2.12. The van der Waals surface area contributed by atoms with E-state index in [0.717, 1.165) is 53.6 Å². The van der Waals surface area contributed by atoms with Crippen LogP contribution in [0.5, 0.6) is 0 Å². The number of benzene rings is 3. The first-order valence-electron chi connectivity index (χ1n) is 15.2. The molecule has 0 spiro atoms.